The van der Waals surface area contributed by atoms with Gasteiger partial charge in [-0.15, -0.1) is 0 Å². The average Bonchev–Trinajstić information content (AvgIpc) is 2.53. The van der Waals surface area contributed by atoms with Crippen LogP contribution in [0.5, 0.6) is 5.75 Å². The maximum Gasteiger partial charge on any atom is 0.336 e. The summed E-state index contributed by atoms with van der Waals surface area (Å²) in [6.45, 7) is 3.43. The van der Waals surface area contributed by atoms with Crippen LogP contribution in [-0.2, 0) is 4.79 Å². The molecule has 26 heavy (non-hydrogen) atoms. The summed E-state index contributed by atoms with van der Waals surface area (Å²) in [6.07, 6.45) is -0.790. The largest absolute Gasteiger partial charge is 0.481 e. The zero-order valence-electron chi connectivity index (χ0n) is 14.0. The van der Waals surface area contributed by atoms with Crippen LogP contribution in [0.25, 0.3) is 11.0 Å². The molecule has 1 N–H and O–H groups in total. The first-order valence-corrected chi connectivity index (χ1v) is 8.55. The molecule has 0 saturated carbocycles. The fourth-order valence-electron chi connectivity index (χ4n) is 2.51. The van der Waals surface area contributed by atoms with Gasteiger partial charge >= 0.3 is 5.63 Å². The van der Waals surface area contributed by atoms with Gasteiger partial charge in [-0.3, -0.25) is 4.79 Å². The lowest BCUT2D eigenvalue weighted by molar-refractivity contribution is -0.122. The summed E-state index contributed by atoms with van der Waals surface area (Å²) in [6, 6.07) is 11.3. The normalized spacial score (nSPS) is 12.0. The number of amides is 1. The summed E-state index contributed by atoms with van der Waals surface area (Å²) >= 11 is 11.8. The van der Waals surface area contributed by atoms with Crippen LogP contribution in [0.2, 0.25) is 10.0 Å². The van der Waals surface area contributed by atoms with Crippen LogP contribution in [0.15, 0.2) is 51.7 Å². The maximum atomic E-state index is 12.3. The van der Waals surface area contributed by atoms with Crippen LogP contribution in [0.4, 0.5) is 5.69 Å². The average molecular weight is 392 g/mol. The number of nitrogens with one attached hydrogen (secondary N) is 1. The Kier molecular flexibility index (Phi) is 5.20. The Morgan fingerprint density at radius 1 is 1.12 bits per heavy atom. The Morgan fingerprint density at radius 3 is 2.50 bits per heavy atom. The number of hydrogen-bond acceptors (Lipinski definition) is 4. The zero-order valence-corrected chi connectivity index (χ0v) is 15.5. The van der Waals surface area contributed by atoms with Gasteiger partial charge in [-0.1, -0.05) is 23.2 Å². The summed E-state index contributed by atoms with van der Waals surface area (Å²) < 4.78 is 10.8. The van der Waals surface area contributed by atoms with E-state index in [0.717, 1.165) is 10.9 Å². The van der Waals surface area contributed by atoms with Crippen LogP contribution in [0.1, 0.15) is 12.5 Å². The number of carbonyl (C=O) groups excluding carboxylic acids is 1. The van der Waals surface area contributed by atoms with Crippen LogP contribution >= 0.6 is 23.2 Å². The molecule has 1 heterocycles. The highest BCUT2D eigenvalue weighted by Crippen LogP contribution is 2.24. The summed E-state index contributed by atoms with van der Waals surface area (Å²) in [5, 5.41) is 4.34. The van der Waals surface area contributed by atoms with E-state index in [1.54, 1.807) is 43.3 Å². The molecule has 3 aromatic rings. The molecule has 1 amide bonds. The molecular formula is C19H15Cl2NO4. The van der Waals surface area contributed by atoms with Crippen molar-refractivity contribution in [2.75, 3.05) is 5.32 Å². The highest BCUT2D eigenvalue weighted by molar-refractivity contribution is 6.35. The molecule has 0 aliphatic rings. The molecule has 3 rings (SSSR count). The predicted molar refractivity (Wildman–Crippen MR) is 102 cm³/mol. The minimum atomic E-state index is -0.790. The van der Waals surface area contributed by atoms with Crippen molar-refractivity contribution in [1.29, 1.82) is 0 Å². The van der Waals surface area contributed by atoms with Gasteiger partial charge in [-0.05, 0) is 49.7 Å². The van der Waals surface area contributed by atoms with Crippen molar-refractivity contribution < 1.29 is 13.9 Å². The third-order valence-corrected chi connectivity index (χ3v) is 4.17. The Hall–Kier alpha value is -2.50. The van der Waals surface area contributed by atoms with E-state index >= 15 is 0 Å². The molecule has 0 radical (unpaired) electrons. The number of anilines is 1. The lowest BCUT2D eigenvalue weighted by Gasteiger charge is -2.15. The topological polar surface area (TPSA) is 68.5 Å². The van der Waals surface area contributed by atoms with Crippen LogP contribution in [0, 0.1) is 6.92 Å². The van der Waals surface area contributed by atoms with Gasteiger partial charge in [0.25, 0.3) is 5.91 Å². The second-order valence-electron chi connectivity index (χ2n) is 5.81. The van der Waals surface area contributed by atoms with Gasteiger partial charge in [0.2, 0.25) is 0 Å². The van der Waals surface area contributed by atoms with Crippen molar-refractivity contribution in [1.82, 2.24) is 0 Å². The number of aryl methyl sites for hydroxylation is 1. The van der Waals surface area contributed by atoms with E-state index < -0.39 is 11.7 Å². The molecule has 1 aromatic heterocycles. The standard InChI is InChI=1S/C19H15Cl2NO4/c1-10-5-18(23)26-17-9-15(3-4-16(10)17)25-11(2)19(24)22-14-7-12(20)6-13(21)8-14/h3-9,11H,1-2H3,(H,22,24)/t11-/m1/s1. The minimum Gasteiger partial charge on any atom is -0.481 e. The van der Waals surface area contributed by atoms with Gasteiger partial charge in [0, 0.05) is 33.3 Å². The maximum absolute atomic E-state index is 12.3. The van der Waals surface area contributed by atoms with E-state index in [2.05, 4.69) is 5.32 Å². The molecule has 1 atom stereocenters. The summed E-state index contributed by atoms with van der Waals surface area (Å²) in [7, 11) is 0. The second-order valence-corrected chi connectivity index (χ2v) is 6.69. The lowest BCUT2D eigenvalue weighted by Crippen LogP contribution is -2.30. The summed E-state index contributed by atoms with van der Waals surface area (Å²) in [5.74, 6) is 0.0483. The zero-order chi connectivity index (χ0) is 18.8. The number of rotatable bonds is 4. The van der Waals surface area contributed by atoms with E-state index in [1.807, 2.05) is 6.92 Å². The van der Waals surface area contributed by atoms with E-state index in [1.165, 1.54) is 6.07 Å². The Morgan fingerprint density at radius 2 is 1.81 bits per heavy atom. The molecule has 0 saturated heterocycles. The first-order valence-electron chi connectivity index (χ1n) is 7.80. The van der Waals surface area contributed by atoms with Crippen molar-refractivity contribution in [3.8, 4) is 5.75 Å². The number of benzene rings is 2. The van der Waals surface area contributed by atoms with Crippen molar-refractivity contribution in [3.05, 3.63) is 68.5 Å². The van der Waals surface area contributed by atoms with Crippen molar-refractivity contribution in [2.24, 2.45) is 0 Å². The molecule has 0 spiro atoms. The van der Waals surface area contributed by atoms with Crippen molar-refractivity contribution in [3.63, 3.8) is 0 Å². The molecular weight excluding hydrogens is 377 g/mol. The lowest BCUT2D eigenvalue weighted by atomic mass is 10.1. The van der Waals surface area contributed by atoms with E-state index in [4.69, 9.17) is 32.4 Å². The number of ether oxygens (including phenoxy) is 1. The molecule has 0 bridgehead atoms. The Balaban J connectivity index is 1.76. The number of carbonyl (C=O) groups is 1. The molecule has 0 fully saturated rings. The third kappa shape index (κ3) is 4.18. The second kappa shape index (κ2) is 7.40. The smallest absolute Gasteiger partial charge is 0.336 e. The van der Waals surface area contributed by atoms with Gasteiger partial charge in [0.05, 0.1) is 0 Å². The SMILES string of the molecule is Cc1cc(=O)oc2cc(O[C@H](C)C(=O)Nc3cc(Cl)cc(Cl)c3)ccc12. The number of fused-ring (bicyclic) bond motifs is 1. The molecule has 0 aliphatic heterocycles. The van der Waals surface area contributed by atoms with Crippen LogP contribution in [0.3, 0.4) is 0 Å². The minimum absolute atomic E-state index is 0.367. The Bertz CT molecular complexity index is 1030. The van der Waals surface area contributed by atoms with Gasteiger partial charge in [0.15, 0.2) is 6.10 Å². The van der Waals surface area contributed by atoms with Crippen molar-refractivity contribution >= 4 is 45.8 Å². The fraction of sp³-hybridized carbons (Fsp3) is 0.158. The number of halogens is 2. The van der Waals surface area contributed by atoms with Gasteiger partial charge in [-0.2, -0.15) is 0 Å². The highest BCUT2D eigenvalue weighted by atomic mass is 35.5. The van der Waals surface area contributed by atoms with Crippen LogP contribution in [-0.4, -0.2) is 12.0 Å². The summed E-state index contributed by atoms with van der Waals surface area (Å²) in [5.41, 5.74) is 1.26. The van der Waals surface area contributed by atoms with E-state index in [-0.39, 0.29) is 5.91 Å². The third-order valence-electron chi connectivity index (χ3n) is 3.74. The molecule has 134 valence electrons. The van der Waals surface area contributed by atoms with Gasteiger partial charge in [-0.25, -0.2) is 4.79 Å². The summed E-state index contributed by atoms with van der Waals surface area (Å²) in [4.78, 5) is 23.8. The molecule has 7 heteroatoms. The highest BCUT2D eigenvalue weighted by Gasteiger charge is 2.16. The quantitative estimate of drug-likeness (QED) is 0.647. The first-order chi connectivity index (χ1) is 12.3. The first kappa shape index (κ1) is 18.3. The fourth-order valence-corrected chi connectivity index (χ4v) is 3.03. The van der Waals surface area contributed by atoms with Gasteiger partial charge < -0.3 is 14.5 Å². The monoisotopic (exact) mass is 391 g/mol. The van der Waals surface area contributed by atoms with Gasteiger partial charge in [0.1, 0.15) is 11.3 Å². The number of hydrogen-bond donors (Lipinski definition) is 1. The van der Waals surface area contributed by atoms with Crippen LogP contribution < -0.4 is 15.7 Å². The van der Waals surface area contributed by atoms with E-state index in [9.17, 15) is 9.59 Å². The molecule has 0 unspecified atom stereocenters. The van der Waals surface area contributed by atoms with Crippen molar-refractivity contribution in [2.45, 2.75) is 20.0 Å². The Labute approximate surface area is 159 Å². The molecule has 0 aliphatic carbocycles. The van der Waals surface area contributed by atoms with E-state index in [0.29, 0.717) is 27.1 Å². The molecule has 5 nitrogen and oxygen atoms in total. The predicted octanol–water partition coefficient (Wildman–Crippen LogP) is 4.81. The molecule has 2 aromatic carbocycles.